The van der Waals surface area contributed by atoms with Crippen molar-refractivity contribution in [2.75, 3.05) is 53.0 Å². The first-order valence-corrected chi connectivity index (χ1v) is 14.4. The second kappa shape index (κ2) is 13.0. The van der Waals surface area contributed by atoms with Gasteiger partial charge in [0.05, 0.1) is 26.0 Å². The van der Waals surface area contributed by atoms with Crippen LogP contribution in [0.3, 0.4) is 0 Å². The van der Waals surface area contributed by atoms with Gasteiger partial charge in [-0.2, -0.15) is 0 Å². The summed E-state index contributed by atoms with van der Waals surface area (Å²) in [5.41, 5.74) is 2.45. The van der Waals surface area contributed by atoms with Gasteiger partial charge in [-0.3, -0.25) is 4.79 Å². The Labute approximate surface area is 232 Å². The molecular weight excluding hydrogens is 494 g/mol. The summed E-state index contributed by atoms with van der Waals surface area (Å²) in [6.07, 6.45) is 7.01. The third-order valence-electron chi connectivity index (χ3n) is 7.82. The van der Waals surface area contributed by atoms with Gasteiger partial charge in [0.2, 0.25) is 0 Å². The van der Waals surface area contributed by atoms with E-state index in [0.29, 0.717) is 12.4 Å². The lowest BCUT2D eigenvalue weighted by atomic mass is 9.78. The van der Waals surface area contributed by atoms with Crippen LogP contribution in [0, 0.1) is 5.41 Å². The Balaban J connectivity index is 1.48. The number of esters is 1. The van der Waals surface area contributed by atoms with E-state index < -0.39 is 5.97 Å². The number of hydrogen-bond acceptors (Lipinski definition) is 7. The predicted molar refractivity (Wildman–Crippen MR) is 154 cm³/mol. The van der Waals surface area contributed by atoms with Crippen molar-refractivity contribution in [1.29, 1.82) is 0 Å². The van der Waals surface area contributed by atoms with E-state index in [9.17, 15) is 9.59 Å². The zero-order chi connectivity index (χ0) is 28.0. The highest BCUT2D eigenvalue weighted by Gasteiger charge is 2.34. The minimum absolute atomic E-state index is 0.0470. The molecule has 0 radical (unpaired) electrons. The van der Waals surface area contributed by atoms with Crippen LogP contribution in [0.4, 0.5) is 0 Å². The zero-order valence-electron chi connectivity index (χ0n) is 24.3. The molecule has 1 fully saturated rings. The van der Waals surface area contributed by atoms with E-state index in [0.717, 1.165) is 68.0 Å². The highest BCUT2D eigenvalue weighted by molar-refractivity contribution is 5.89. The van der Waals surface area contributed by atoms with Crippen LogP contribution in [0.1, 0.15) is 75.3 Å². The number of pyridine rings is 1. The molecule has 0 aliphatic carbocycles. The van der Waals surface area contributed by atoms with Crippen molar-refractivity contribution in [3.8, 4) is 22.8 Å². The van der Waals surface area contributed by atoms with Crippen LogP contribution < -0.4 is 20.2 Å². The number of carbonyl (C=O) groups is 1. The lowest BCUT2D eigenvalue weighted by molar-refractivity contribution is 0.0523. The summed E-state index contributed by atoms with van der Waals surface area (Å²) in [4.78, 5) is 28.0. The minimum atomic E-state index is -0.582. The number of piperazine rings is 1. The Morgan fingerprint density at radius 3 is 2.49 bits per heavy atom. The summed E-state index contributed by atoms with van der Waals surface area (Å²) < 4.78 is 19.1. The smallest absolute Gasteiger partial charge is 0.343 e. The number of aromatic nitrogens is 1. The lowest BCUT2D eigenvalue weighted by Crippen LogP contribution is -2.43. The van der Waals surface area contributed by atoms with E-state index in [1.54, 1.807) is 26.3 Å². The first-order valence-electron chi connectivity index (χ1n) is 14.4. The van der Waals surface area contributed by atoms with Gasteiger partial charge in [-0.15, -0.1) is 0 Å². The highest BCUT2D eigenvalue weighted by Crippen LogP contribution is 2.45. The second-order valence-electron chi connectivity index (χ2n) is 11.7. The molecule has 1 atom stereocenters. The Kier molecular flexibility index (Phi) is 9.72. The van der Waals surface area contributed by atoms with Crippen molar-refractivity contribution in [1.82, 2.24) is 14.8 Å². The van der Waals surface area contributed by atoms with Gasteiger partial charge >= 0.3 is 5.97 Å². The molecule has 4 rings (SSSR count). The van der Waals surface area contributed by atoms with E-state index >= 15 is 0 Å². The average Bonchev–Trinajstić information content (AvgIpc) is 2.91. The Hall–Kier alpha value is -2.84. The number of methoxy groups -OCH3 is 1. The summed E-state index contributed by atoms with van der Waals surface area (Å²) in [7, 11) is 1.64. The maximum absolute atomic E-state index is 13.0. The van der Waals surface area contributed by atoms with Gasteiger partial charge in [0.1, 0.15) is 5.56 Å². The monoisotopic (exact) mass is 539 g/mol. The quantitative estimate of drug-likeness (QED) is 0.328. The fourth-order valence-electron chi connectivity index (χ4n) is 5.61. The zero-order valence-corrected chi connectivity index (χ0v) is 24.3. The Morgan fingerprint density at radius 2 is 1.79 bits per heavy atom. The summed E-state index contributed by atoms with van der Waals surface area (Å²) >= 11 is 0. The first kappa shape index (κ1) is 29.2. The molecule has 1 saturated heterocycles. The number of nitrogens with one attached hydrogen (secondary N) is 1. The van der Waals surface area contributed by atoms with Crippen LogP contribution >= 0.6 is 0 Å². The van der Waals surface area contributed by atoms with Gasteiger partial charge in [0, 0.05) is 50.0 Å². The Bertz CT molecular complexity index is 1190. The molecular formula is C31H45N3O5. The van der Waals surface area contributed by atoms with Crippen LogP contribution in [0.25, 0.3) is 11.3 Å². The summed E-state index contributed by atoms with van der Waals surface area (Å²) in [6.45, 7) is 14.8. The van der Waals surface area contributed by atoms with Crippen LogP contribution in [-0.2, 0) is 11.2 Å². The van der Waals surface area contributed by atoms with Gasteiger partial charge in [-0.1, -0.05) is 33.6 Å². The molecule has 2 aliphatic heterocycles. The molecule has 214 valence electrons. The molecule has 8 nitrogen and oxygen atoms in total. The SMILES string of the molecule is CCOC(=O)c1cn2c(cc1=O)-c1cc(OC)c(OCCCCCCN3CCNCC3)cc1CC2C(C)(C)C. The fourth-order valence-corrected chi connectivity index (χ4v) is 5.61. The van der Waals surface area contributed by atoms with Gasteiger partial charge < -0.3 is 29.0 Å². The van der Waals surface area contributed by atoms with Gasteiger partial charge in [-0.25, -0.2) is 4.79 Å². The number of fused-ring (bicyclic) bond motifs is 3. The van der Waals surface area contributed by atoms with Gasteiger partial charge in [0.25, 0.3) is 0 Å². The van der Waals surface area contributed by atoms with Crippen molar-refractivity contribution in [3.63, 3.8) is 0 Å². The number of hydrogen-bond donors (Lipinski definition) is 1. The van der Waals surface area contributed by atoms with E-state index in [4.69, 9.17) is 14.2 Å². The molecule has 3 heterocycles. The molecule has 8 heteroatoms. The molecule has 39 heavy (non-hydrogen) atoms. The number of carbonyl (C=O) groups excluding carboxylic acids is 1. The number of rotatable bonds is 11. The fraction of sp³-hybridized carbons (Fsp3) is 0.613. The molecule has 0 spiro atoms. The van der Waals surface area contributed by atoms with Crippen molar-refractivity contribution < 1.29 is 19.0 Å². The van der Waals surface area contributed by atoms with E-state index in [2.05, 4.69) is 41.6 Å². The van der Waals surface area contributed by atoms with E-state index in [-0.39, 0.29) is 29.1 Å². The van der Waals surface area contributed by atoms with Gasteiger partial charge in [0.15, 0.2) is 16.9 Å². The maximum atomic E-state index is 13.0. The average molecular weight is 540 g/mol. The van der Waals surface area contributed by atoms with Crippen LogP contribution in [0.2, 0.25) is 0 Å². The van der Waals surface area contributed by atoms with Gasteiger partial charge in [-0.05, 0) is 55.8 Å². The molecule has 0 bridgehead atoms. The third-order valence-corrected chi connectivity index (χ3v) is 7.82. The van der Waals surface area contributed by atoms with Crippen molar-refractivity contribution in [2.45, 2.75) is 65.8 Å². The highest BCUT2D eigenvalue weighted by atomic mass is 16.5. The largest absolute Gasteiger partial charge is 0.493 e. The maximum Gasteiger partial charge on any atom is 0.343 e. The topological polar surface area (TPSA) is 82.0 Å². The number of ether oxygens (including phenoxy) is 3. The molecule has 2 aliphatic rings. The standard InChI is InChI=1S/C31H45N3O5/c1-6-38-30(36)24-21-34-25(20-26(24)35)23-19-27(37-5)28(17-22(23)18-29(34)31(2,3)4)39-16-10-8-7-9-13-33-14-11-32-12-15-33/h17,19-21,29,32H,6-16,18H2,1-5H3. The second-order valence-corrected chi connectivity index (χ2v) is 11.7. The number of unbranched alkanes of at least 4 members (excludes halogenated alkanes) is 3. The molecule has 1 aromatic carbocycles. The first-order chi connectivity index (χ1) is 18.7. The van der Waals surface area contributed by atoms with Crippen molar-refractivity contribution in [2.24, 2.45) is 5.41 Å². The molecule has 1 unspecified atom stereocenters. The van der Waals surface area contributed by atoms with Crippen molar-refractivity contribution in [3.05, 3.63) is 45.7 Å². The van der Waals surface area contributed by atoms with Crippen LogP contribution in [0.15, 0.2) is 29.2 Å². The lowest BCUT2D eigenvalue weighted by Gasteiger charge is -2.39. The summed E-state index contributed by atoms with van der Waals surface area (Å²) in [6, 6.07) is 5.64. The number of nitrogens with zero attached hydrogens (tertiary/aromatic N) is 2. The summed E-state index contributed by atoms with van der Waals surface area (Å²) in [5, 5.41) is 3.40. The van der Waals surface area contributed by atoms with Crippen LogP contribution in [0.5, 0.6) is 11.5 Å². The van der Waals surface area contributed by atoms with E-state index in [1.165, 1.54) is 19.4 Å². The summed E-state index contributed by atoms with van der Waals surface area (Å²) in [5.74, 6) is 0.806. The van der Waals surface area contributed by atoms with E-state index in [1.807, 2.05) is 6.07 Å². The predicted octanol–water partition coefficient (Wildman–Crippen LogP) is 4.69. The molecule has 2 aromatic rings. The Morgan fingerprint density at radius 1 is 1.05 bits per heavy atom. The normalized spacial score (nSPS) is 17.3. The molecule has 1 N–H and O–H groups in total. The molecule has 0 amide bonds. The number of benzene rings is 1. The molecule has 1 aromatic heterocycles. The molecule has 0 saturated carbocycles. The van der Waals surface area contributed by atoms with Crippen molar-refractivity contribution >= 4 is 5.97 Å². The third kappa shape index (κ3) is 7.03. The minimum Gasteiger partial charge on any atom is -0.493 e. The van der Waals surface area contributed by atoms with Crippen LogP contribution in [-0.4, -0.2) is 68.5 Å².